The predicted molar refractivity (Wildman–Crippen MR) is 126 cm³/mol. The number of fused-ring (bicyclic) bond motifs is 2. The van der Waals surface area contributed by atoms with E-state index in [-0.39, 0.29) is 17.5 Å². The van der Waals surface area contributed by atoms with Crippen molar-refractivity contribution in [2.45, 2.75) is 51.4 Å². The van der Waals surface area contributed by atoms with Gasteiger partial charge in [0, 0.05) is 45.7 Å². The molecule has 1 aromatic carbocycles. The number of likely N-dealkylation sites (tertiary alicyclic amines) is 1. The Hall–Kier alpha value is -2.58. The maximum absolute atomic E-state index is 13.4. The Morgan fingerprint density at radius 3 is 2.97 bits per heavy atom. The number of piperidine rings is 1. The molecule has 0 aliphatic carbocycles. The number of nitrogens with zero attached hydrogens (tertiary/aromatic N) is 2. The van der Waals surface area contributed by atoms with Crippen molar-refractivity contribution in [3.8, 4) is 0 Å². The highest BCUT2D eigenvalue weighted by molar-refractivity contribution is 7.12. The number of hydrogen-bond donors (Lipinski definition) is 1. The van der Waals surface area contributed by atoms with E-state index in [4.69, 9.17) is 4.52 Å². The Kier molecular flexibility index (Phi) is 6.29. The van der Waals surface area contributed by atoms with Crippen LogP contribution >= 0.6 is 11.3 Å². The van der Waals surface area contributed by atoms with Crippen molar-refractivity contribution < 1.29 is 18.5 Å². The van der Waals surface area contributed by atoms with Gasteiger partial charge in [-0.25, -0.2) is 4.39 Å². The van der Waals surface area contributed by atoms with Gasteiger partial charge in [-0.3, -0.25) is 9.59 Å². The molecule has 1 saturated heterocycles. The summed E-state index contributed by atoms with van der Waals surface area (Å²) >= 11 is 1.60. The van der Waals surface area contributed by atoms with Crippen LogP contribution in [-0.4, -0.2) is 47.9 Å². The first-order valence-corrected chi connectivity index (χ1v) is 12.5. The van der Waals surface area contributed by atoms with Crippen LogP contribution in [0.3, 0.4) is 0 Å². The number of benzene rings is 1. The molecular formula is C25H28FN3O3S. The number of rotatable bonds is 6. The summed E-state index contributed by atoms with van der Waals surface area (Å²) in [4.78, 5) is 29.9. The van der Waals surface area contributed by atoms with Crippen LogP contribution in [0, 0.1) is 12.7 Å². The van der Waals surface area contributed by atoms with E-state index in [0.717, 1.165) is 72.6 Å². The number of Topliss-reactive ketones (excluding diaryl/α,β-unsaturated/α-hetero) is 1. The fourth-order valence-electron chi connectivity index (χ4n) is 5.14. The van der Waals surface area contributed by atoms with Crippen LogP contribution in [0.2, 0.25) is 0 Å². The molecule has 174 valence electrons. The smallest absolute Gasteiger partial charge is 0.253 e. The van der Waals surface area contributed by atoms with Crippen LogP contribution in [0.25, 0.3) is 11.0 Å². The first kappa shape index (κ1) is 22.2. The summed E-state index contributed by atoms with van der Waals surface area (Å²) < 4.78 is 18.7. The maximum atomic E-state index is 13.4. The molecule has 2 aliphatic rings. The fourth-order valence-corrected chi connectivity index (χ4v) is 6.37. The summed E-state index contributed by atoms with van der Waals surface area (Å²) in [6, 6.07) is 4.59. The molecule has 0 atom stereocenters. The largest absolute Gasteiger partial charge is 0.356 e. The summed E-state index contributed by atoms with van der Waals surface area (Å²) in [6.45, 7) is 5.35. The number of aryl methyl sites for hydroxylation is 2. The molecule has 0 spiro atoms. The van der Waals surface area contributed by atoms with E-state index in [0.29, 0.717) is 35.6 Å². The average molecular weight is 470 g/mol. The molecule has 3 aromatic rings. The minimum Gasteiger partial charge on any atom is -0.356 e. The van der Waals surface area contributed by atoms with Gasteiger partial charge in [-0.15, -0.1) is 11.3 Å². The van der Waals surface area contributed by atoms with Crippen LogP contribution in [-0.2, 0) is 6.42 Å². The number of nitrogens with one attached hydrogen (secondary N) is 1. The van der Waals surface area contributed by atoms with Crippen molar-refractivity contribution in [2.75, 3.05) is 26.2 Å². The van der Waals surface area contributed by atoms with Crippen molar-refractivity contribution in [1.29, 1.82) is 0 Å². The van der Waals surface area contributed by atoms with Gasteiger partial charge in [0.05, 0.1) is 11.3 Å². The quantitative estimate of drug-likeness (QED) is 0.522. The van der Waals surface area contributed by atoms with E-state index in [9.17, 15) is 14.0 Å². The molecule has 1 amide bonds. The van der Waals surface area contributed by atoms with Gasteiger partial charge < -0.3 is 14.7 Å². The number of carbonyl (C=O) groups excluding carboxylic acids is 2. The number of carbonyl (C=O) groups is 2. The number of amides is 1. The van der Waals surface area contributed by atoms with Gasteiger partial charge in [-0.1, -0.05) is 5.16 Å². The Morgan fingerprint density at radius 1 is 1.33 bits per heavy atom. The van der Waals surface area contributed by atoms with Crippen molar-refractivity contribution in [2.24, 2.45) is 0 Å². The molecule has 1 N–H and O–H groups in total. The van der Waals surface area contributed by atoms with Crippen molar-refractivity contribution in [1.82, 2.24) is 15.4 Å². The van der Waals surface area contributed by atoms with Gasteiger partial charge in [0.15, 0.2) is 11.4 Å². The van der Waals surface area contributed by atoms with Crippen molar-refractivity contribution >= 4 is 34.0 Å². The summed E-state index contributed by atoms with van der Waals surface area (Å²) in [5, 5.41) is 8.04. The van der Waals surface area contributed by atoms with Crippen LogP contribution in [0.5, 0.6) is 0 Å². The number of halogens is 1. The number of ketones is 1. The second kappa shape index (κ2) is 9.35. The maximum Gasteiger partial charge on any atom is 0.253 e. The summed E-state index contributed by atoms with van der Waals surface area (Å²) in [6.07, 6.45) is 4.94. The molecule has 2 aliphatic heterocycles. The fraction of sp³-hybridized carbons (Fsp3) is 0.480. The molecular weight excluding hydrogens is 441 g/mol. The van der Waals surface area contributed by atoms with Crippen LogP contribution in [0.4, 0.5) is 4.39 Å². The third-order valence-electron chi connectivity index (χ3n) is 6.84. The Bertz CT molecular complexity index is 1190. The van der Waals surface area contributed by atoms with Gasteiger partial charge in [0.25, 0.3) is 5.91 Å². The third-order valence-corrected chi connectivity index (χ3v) is 8.01. The zero-order valence-corrected chi connectivity index (χ0v) is 19.6. The second-order valence-electron chi connectivity index (χ2n) is 9.04. The van der Waals surface area contributed by atoms with Crippen LogP contribution in [0.15, 0.2) is 22.7 Å². The van der Waals surface area contributed by atoms with Gasteiger partial charge in [0.2, 0.25) is 0 Å². The van der Waals surface area contributed by atoms with Crippen molar-refractivity contribution in [3.63, 3.8) is 0 Å². The number of aromatic nitrogens is 1. The molecule has 6 nitrogen and oxygen atoms in total. The highest BCUT2D eigenvalue weighted by Crippen LogP contribution is 2.34. The van der Waals surface area contributed by atoms with E-state index in [1.54, 1.807) is 17.4 Å². The molecule has 33 heavy (non-hydrogen) atoms. The summed E-state index contributed by atoms with van der Waals surface area (Å²) in [5.41, 5.74) is 2.69. The zero-order valence-electron chi connectivity index (χ0n) is 18.8. The van der Waals surface area contributed by atoms with Crippen molar-refractivity contribution in [3.05, 3.63) is 50.6 Å². The van der Waals surface area contributed by atoms with E-state index in [1.165, 1.54) is 12.1 Å². The minimum atomic E-state index is -0.316. The molecule has 2 aromatic heterocycles. The highest BCUT2D eigenvalue weighted by atomic mass is 32.1. The first-order chi connectivity index (χ1) is 16.0. The lowest BCUT2D eigenvalue weighted by molar-refractivity contribution is 0.0930. The third kappa shape index (κ3) is 4.46. The van der Waals surface area contributed by atoms with Gasteiger partial charge in [-0.2, -0.15) is 0 Å². The highest BCUT2D eigenvalue weighted by Gasteiger charge is 2.28. The standard InChI is InChI=1S/C25H28FN3O3S/c1-15-22(23-21(33-15)5-2-10-27-25(23)31)19(30)4-3-11-29-12-8-16(9-13-29)24-18-7-6-17(26)14-20(18)32-28-24/h6-7,14,16H,2-5,8-13H2,1H3,(H,27,31). The zero-order chi connectivity index (χ0) is 22.9. The van der Waals surface area contributed by atoms with Crippen LogP contribution < -0.4 is 5.32 Å². The SMILES string of the molecule is Cc1sc2c(c1C(=O)CCCN1CCC(c3noc4cc(F)ccc34)CC1)C(=O)NCCC2. The Labute approximate surface area is 196 Å². The second-order valence-corrected chi connectivity index (χ2v) is 10.4. The van der Waals surface area contributed by atoms with Gasteiger partial charge in [-0.05, 0) is 70.8 Å². The molecule has 0 unspecified atom stereocenters. The minimum absolute atomic E-state index is 0.0817. The molecule has 5 rings (SSSR count). The summed E-state index contributed by atoms with van der Waals surface area (Å²) in [5.74, 6) is -0.0282. The molecule has 0 saturated carbocycles. The first-order valence-electron chi connectivity index (χ1n) is 11.7. The Balaban J connectivity index is 1.15. The molecule has 8 heteroatoms. The number of thiophene rings is 1. The lowest BCUT2D eigenvalue weighted by Crippen LogP contribution is -2.34. The lowest BCUT2D eigenvalue weighted by Gasteiger charge is -2.31. The average Bonchev–Trinajstić information content (AvgIpc) is 3.32. The molecule has 4 heterocycles. The monoisotopic (exact) mass is 469 g/mol. The van der Waals surface area contributed by atoms with Gasteiger partial charge in [0.1, 0.15) is 5.82 Å². The lowest BCUT2D eigenvalue weighted by atomic mass is 9.91. The topological polar surface area (TPSA) is 75.4 Å². The van der Waals surface area contributed by atoms with Gasteiger partial charge >= 0.3 is 0 Å². The molecule has 1 fully saturated rings. The Morgan fingerprint density at radius 2 is 2.15 bits per heavy atom. The number of hydrogen-bond acceptors (Lipinski definition) is 6. The normalized spacial score (nSPS) is 17.7. The van der Waals surface area contributed by atoms with E-state index < -0.39 is 0 Å². The molecule has 0 bridgehead atoms. The summed E-state index contributed by atoms with van der Waals surface area (Å²) in [7, 11) is 0. The predicted octanol–water partition coefficient (Wildman–Crippen LogP) is 4.86. The van der Waals surface area contributed by atoms with E-state index in [2.05, 4.69) is 15.4 Å². The van der Waals surface area contributed by atoms with E-state index >= 15 is 0 Å². The molecule has 0 radical (unpaired) electrons. The van der Waals surface area contributed by atoms with E-state index in [1.807, 2.05) is 6.92 Å². The van der Waals surface area contributed by atoms with Crippen LogP contribution in [0.1, 0.15) is 74.2 Å².